The monoisotopic (exact) mass is 415 g/mol. The highest BCUT2D eigenvalue weighted by Crippen LogP contribution is 2.39. The molecule has 1 aliphatic carbocycles. The van der Waals surface area contributed by atoms with Gasteiger partial charge in [0.2, 0.25) is 0 Å². The Hall–Kier alpha value is -2.78. The molecule has 2 aliphatic rings. The Labute approximate surface area is 171 Å². The lowest BCUT2D eigenvalue weighted by Gasteiger charge is -2.27. The second kappa shape index (κ2) is 8.30. The molecule has 2 heterocycles. The summed E-state index contributed by atoms with van der Waals surface area (Å²) in [6, 6.07) is 5.44. The van der Waals surface area contributed by atoms with Gasteiger partial charge in [-0.2, -0.15) is 0 Å². The molecule has 0 saturated carbocycles. The van der Waals surface area contributed by atoms with Gasteiger partial charge in [-0.05, 0) is 43.4 Å². The van der Waals surface area contributed by atoms with E-state index in [0.717, 1.165) is 36.1 Å². The molecule has 29 heavy (non-hydrogen) atoms. The van der Waals surface area contributed by atoms with Crippen molar-refractivity contribution in [1.29, 1.82) is 0 Å². The fourth-order valence-corrected chi connectivity index (χ4v) is 4.99. The summed E-state index contributed by atoms with van der Waals surface area (Å²) in [7, 11) is 0. The minimum atomic E-state index is -0.506. The molecule has 0 spiro atoms. The number of anilines is 1. The van der Waals surface area contributed by atoms with E-state index in [4.69, 9.17) is 4.74 Å². The average molecular weight is 415 g/mol. The molecule has 9 heteroatoms. The molecule has 1 aliphatic heterocycles. The molecule has 1 aromatic carbocycles. The van der Waals surface area contributed by atoms with E-state index in [0.29, 0.717) is 42.4 Å². The van der Waals surface area contributed by atoms with Crippen LogP contribution in [0.15, 0.2) is 24.3 Å². The molecule has 0 radical (unpaired) electrons. The molecule has 1 fully saturated rings. The second-order valence-corrected chi connectivity index (χ2v) is 8.18. The molecule has 152 valence electrons. The number of carbonyl (C=O) groups excluding carboxylic acids is 2. The lowest BCUT2D eigenvalue weighted by Crippen LogP contribution is -2.41. The van der Waals surface area contributed by atoms with Crippen molar-refractivity contribution in [3.8, 4) is 0 Å². The molecule has 0 atom stereocenters. The first-order valence-corrected chi connectivity index (χ1v) is 10.4. The van der Waals surface area contributed by atoms with Gasteiger partial charge in [0.25, 0.3) is 17.5 Å². The molecule has 0 unspecified atom stereocenters. The van der Waals surface area contributed by atoms with Crippen LogP contribution < -0.4 is 5.32 Å². The van der Waals surface area contributed by atoms with E-state index in [2.05, 4.69) is 5.32 Å². The maximum absolute atomic E-state index is 13.2. The van der Waals surface area contributed by atoms with Crippen molar-refractivity contribution in [3.63, 3.8) is 0 Å². The summed E-state index contributed by atoms with van der Waals surface area (Å²) in [4.78, 5) is 39.2. The molecule has 1 saturated heterocycles. The molecule has 2 amide bonds. The number of nitrogens with zero attached hydrogens (tertiary/aromatic N) is 2. The first-order chi connectivity index (χ1) is 14.0. The number of nitrogens with one attached hydrogen (secondary N) is 1. The van der Waals surface area contributed by atoms with Crippen molar-refractivity contribution < 1.29 is 19.2 Å². The van der Waals surface area contributed by atoms with Gasteiger partial charge in [0.1, 0.15) is 5.00 Å². The van der Waals surface area contributed by atoms with Crippen LogP contribution in [0.3, 0.4) is 0 Å². The number of amides is 2. The zero-order valence-electron chi connectivity index (χ0n) is 15.8. The molecule has 1 N–H and O–H groups in total. The summed E-state index contributed by atoms with van der Waals surface area (Å²) in [5, 5.41) is 14.3. The molecular formula is C20H21N3O5S. The average Bonchev–Trinajstić information content (AvgIpc) is 3.11. The van der Waals surface area contributed by atoms with E-state index in [1.165, 1.54) is 35.6 Å². The number of hydrogen-bond donors (Lipinski definition) is 1. The predicted octanol–water partition coefficient (Wildman–Crippen LogP) is 3.26. The van der Waals surface area contributed by atoms with E-state index in [1.807, 2.05) is 0 Å². The van der Waals surface area contributed by atoms with Crippen molar-refractivity contribution in [2.24, 2.45) is 0 Å². The van der Waals surface area contributed by atoms with E-state index in [-0.39, 0.29) is 17.5 Å². The highest BCUT2D eigenvalue weighted by Gasteiger charge is 2.30. The number of nitro groups is 1. The summed E-state index contributed by atoms with van der Waals surface area (Å²) in [5.74, 6) is -0.443. The summed E-state index contributed by atoms with van der Waals surface area (Å²) in [5.41, 5.74) is 1.89. The fraction of sp³-hybridized carbons (Fsp3) is 0.400. The van der Waals surface area contributed by atoms with Gasteiger partial charge in [0.05, 0.1) is 23.7 Å². The minimum Gasteiger partial charge on any atom is -0.378 e. The van der Waals surface area contributed by atoms with Crippen LogP contribution >= 0.6 is 11.3 Å². The number of nitro benzene ring substituents is 1. The van der Waals surface area contributed by atoms with Crippen molar-refractivity contribution in [2.45, 2.75) is 25.7 Å². The molecular weight excluding hydrogens is 394 g/mol. The number of thiophene rings is 1. The van der Waals surface area contributed by atoms with Gasteiger partial charge >= 0.3 is 0 Å². The number of rotatable bonds is 4. The molecule has 0 bridgehead atoms. The van der Waals surface area contributed by atoms with Crippen molar-refractivity contribution in [3.05, 3.63) is 55.9 Å². The van der Waals surface area contributed by atoms with Crippen molar-refractivity contribution >= 4 is 33.8 Å². The van der Waals surface area contributed by atoms with Gasteiger partial charge in [-0.1, -0.05) is 0 Å². The van der Waals surface area contributed by atoms with Gasteiger partial charge in [-0.3, -0.25) is 19.7 Å². The number of ether oxygens (including phenoxy) is 1. The SMILES string of the molecule is O=C(Nc1sc2c(c1C(=O)N1CCOCC1)CCCC2)c1ccc([N+](=O)[O-])cc1. The Bertz CT molecular complexity index is 948. The molecule has 2 aromatic rings. The van der Waals surface area contributed by atoms with Gasteiger partial charge < -0.3 is 15.0 Å². The predicted molar refractivity (Wildman–Crippen MR) is 109 cm³/mol. The standard InChI is InChI=1S/C20H21N3O5S/c24-18(13-5-7-14(8-6-13)23(26)27)21-19-17(15-3-1-2-4-16(15)29-19)20(25)22-9-11-28-12-10-22/h5-8H,1-4,9-12H2,(H,21,24). The number of non-ortho nitro benzene ring substituents is 1. The second-order valence-electron chi connectivity index (χ2n) is 7.08. The Balaban J connectivity index is 1.62. The highest BCUT2D eigenvalue weighted by atomic mass is 32.1. The van der Waals surface area contributed by atoms with Gasteiger partial charge in [-0.15, -0.1) is 11.3 Å². The lowest BCUT2D eigenvalue weighted by molar-refractivity contribution is -0.384. The van der Waals surface area contributed by atoms with Crippen LogP contribution in [0.4, 0.5) is 10.7 Å². The van der Waals surface area contributed by atoms with Crippen molar-refractivity contribution in [2.75, 3.05) is 31.6 Å². The van der Waals surface area contributed by atoms with Crippen LogP contribution in [0.5, 0.6) is 0 Å². The van der Waals surface area contributed by atoms with Crippen molar-refractivity contribution in [1.82, 2.24) is 4.90 Å². The number of morpholine rings is 1. The topological polar surface area (TPSA) is 102 Å². The third-order valence-corrected chi connectivity index (χ3v) is 6.46. The van der Waals surface area contributed by atoms with Gasteiger partial charge in [0, 0.05) is 35.7 Å². The van der Waals surface area contributed by atoms with Crippen LogP contribution in [0.25, 0.3) is 0 Å². The zero-order valence-corrected chi connectivity index (χ0v) is 16.6. The lowest BCUT2D eigenvalue weighted by atomic mass is 9.95. The Morgan fingerprint density at radius 1 is 1.10 bits per heavy atom. The summed E-state index contributed by atoms with van der Waals surface area (Å²) in [6.45, 7) is 2.11. The van der Waals surface area contributed by atoms with E-state index in [1.54, 1.807) is 4.90 Å². The number of aryl methyl sites for hydroxylation is 1. The highest BCUT2D eigenvalue weighted by molar-refractivity contribution is 7.17. The normalized spacial score (nSPS) is 16.2. The van der Waals surface area contributed by atoms with Crippen LogP contribution in [0.2, 0.25) is 0 Å². The van der Waals surface area contributed by atoms with E-state index in [9.17, 15) is 19.7 Å². The molecule has 8 nitrogen and oxygen atoms in total. The third kappa shape index (κ3) is 4.01. The summed E-state index contributed by atoms with van der Waals surface area (Å²) in [6.07, 6.45) is 3.86. The number of fused-ring (bicyclic) bond motifs is 1. The summed E-state index contributed by atoms with van der Waals surface area (Å²) >= 11 is 1.47. The quantitative estimate of drug-likeness (QED) is 0.610. The Morgan fingerprint density at radius 2 is 1.79 bits per heavy atom. The maximum atomic E-state index is 13.2. The van der Waals surface area contributed by atoms with Gasteiger partial charge in [-0.25, -0.2) is 0 Å². The Morgan fingerprint density at radius 3 is 2.48 bits per heavy atom. The first kappa shape index (κ1) is 19.5. The van der Waals surface area contributed by atoms with Crippen LogP contribution in [0, 0.1) is 10.1 Å². The molecule has 1 aromatic heterocycles. The van der Waals surface area contributed by atoms with Crippen LogP contribution in [-0.2, 0) is 17.6 Å². The minimum absolute atomic E-state index is 0.0632. The number of carbonyl (C=O) groups is 2. The Kier molecular flexibility index (Phi) is 5.59. The van der Waals surface area contributed by atoms with E-state index < -0.39 is 4.92 Å². The fourth-order valence-electron chi connectivity index (χ4n) is 3.71. The van der Waals surface area contributed by atoms with Gasteiger partial charge in [0.15, 0.2) is 0 Å². The van der Waals surface area contributed by atoms with E-state index >= 15 is 0 Å². The number of benzene rings is 1. The first-order valence-electron chi connectivity index (χ1n) is 9.62. The third-order valence-electron chi connectivity index (χ3n) is 5.25. The summed E-state index contributed by atoms with van der Waals surface area (Å²) < 4.78 is 5.35. The number of hydrogen-bond acceptors (Lipinski definition) is 6. The smallest absolute Gasteiger partial charge is 0.269 e. The largest absolute Gasteiger partial charge is 0.378 e. The van der Waals surface area contributed by atoms with Crippen LogP contribution in [0.1, 0.15) is 44.0 Å². The molecule has 4 rings (SSSR count). The maximum Gasteiger partial charge on any atom is 0.269 e. The van der Waals surface area contributed by atoms with Crippen LogP contribution in [-0.4, -0.2) is 47.9 Å². The zero-order chi connectivity index (χ0) is 20.4.